The maximum atomic E-state index is 13.6. The van der Waals surface area contributed by atoms with Gasteiger partial charge >= 0.3 is 0 Å². The molecular formula is C17H14F2N4O2. The zero-order valence-electron chi connectivity index (χ0n) is 13.0. The third kappa shape index (κ3) is 2.64. The summed E-state index contributed by atoms with van der Waals surface area (Å²) in [5.41, 5.74) is 0.978. The van der Waals surface area contributed by atoms with Gasteiger partial charge in [-0.15, -0.1) is 0 Å². The summed E-state index contributed by atoms with van der Waals surface area (Å²) in [7, 11) is 0. The fourth-order valence-corrected chi connectivity index (χ4v) is 3.21. The number of benzene rings is 1. The number of hydrogen-bond donors (Lipinski definition) is 1. The molecule has 1 aliphatic heterocycles. The molecule has 6 nitrogen and oxygen atoms in total. The number of halogens is 2. The third-order valence-corrected chi connectivity index (χ3v) is 4.38. The Morgan fingerprint density at radius 2 is 1.92 bits per heavy atom. The minimum Gasteiger partial charge on any atom is -0.391 e. The molecule has 2 atom stereocenters. The summed E-state index contributed by atoms with van der Waals surface area (Å²) in [4.78, 5) is 22.6. The lowest BCUT2D eigenvalue weighted by Crippen LogP contribution is -2.32. The van der Waals surface area contributed by atoms with Gasteiger partial charge in [-0.3, -0.25) is 4.79 Å². The van der Waals surface area contributed by atoms with Crippen molar-refractivity contribution in [3.8, 4) is 0 Å². The molecule has 0 radical (unpaired) electrons. The Balaban J connectivity index is 1.73. The van der Waals surface area contributed by atoms with E-state index in [1.54, 1.807) is 23.0 Å². The van der Waals surface area contributed by atoms with Crippen molar-refractivity contribution < 1.29 is 18.7 Å². The number of carbonyl (C=O) groups is 1. The minimum absolute atomic E-state index is 0.0892. The summed E-state index contributed by atoms with van der Waals surface area (Å²) in [6, 6.07) is 2.94. The predicted molar refractivity (Wildman–Crippen MR) is 83.7 cm³/mol. The SMILES string of the molecule is O=C(c1nccn2ccnc12)N1C[C@H](O)C[C@H]1c1ccc(F)c(F)c1. The number of imidazole rings is 1. The van der Waals surface area contributed by atoms with E-state index in [1.807, 2.05) is 0 Å². The van der Waals surface area contributed by atoms with Crippen molar-refractivity contribution in [2.45, 2.75) is 18.6 Å². The van der Waals surface area contributed by atoms with Crippen LogP contribution >= 0.6 is 0 Å². The molecule has 4 rings (SSSR count). The van der Waals surface area contributed by atoms with E-state index >= 15 is 0 Å². The Morgan fingerprint density at radius 1 is 1.16 bits per heavy atom. The lowest BCUT2D eigenvalue weighted by Gasteiger charge is -2.24. The maximum Gasteiger partial charge on any atom is 0.276 e. The van der Waals surface area contributed by atoms with Crippen molar-refractivity contribution >= 4 is 11.6 Å². The summed E-state index contributed by atoms with van der Waals surface area (Å²) in [6.45, 7) is 0.0892. The molecule has 0 spiro atoms. The number of β-amino-alcohol motifs (C(OH)–C–C–N with tert-alkyl or cyclic N) is 1. The Labute approximate surface area is 141 Å². The van der Waals surface area contributed by atoms with E-state index in [0.717, 1.165) is 12.1 Å². The Kier molecular flexibility index (Phi) is 3.69. The first kappa shape index (κ1) is 15.6. The normalized spacial score (nSPS) is 20.4. The monoisotopic (exact) mass is 344 g/mol. The fourth-order valence-electron chi connectivity index (χ4n) is 3.21. The van der Waals surface area contributed by atoms with Gasteiger partial charge in [0.15, 0.2) is 23.0 Å². The van der Waals surface area contributed by atoms with Crippen molar-refractivity contribution in [3.05, 3.63) is 65.9 Å². The van der Waals surface area contributed by atoms with Gasteiger partial charge in [0, 0.05) is 31.3 Å². The van der Waals surface area contributed by atoms with Gasteiger partial charge in [-0.05, 0) is 24.1 Å². The topological polar surface area (TPSA) is 70.7 Å². The summed E-state index contributed by atoms with van der Waals surface area (Å²) in [6.07, 6.45) is 5.90. The summed E-state index contributed by atoms with van der Waals surface area (Å²) in [5.74, 6) is -2.35. The standard InChI is InChI=1S/C17H14F2N4O2/c18-12-2-1-10(7-13(12)19)14-8-11(24)9-23(14)17(25)15-16-21-4-6-22(16)5-3-20-15/h1-7,11,14,24H,8-9H2/t11-,14+/m1/s1. The number of aliphatic hydroxyl groups is 1. The molecule has 1 saturated heterocycles. The van der Waals surface area contributed by atoms with Gasteiger partial charge in [0.1, 0.15) is 0 Å². The van der Waals surface area contributed by atoms with Gasteiger partial charge in [0.2, 0.25) is 0 Å². The molecule has 1 aliphatic rings. The summed E-state index contributed by atoms with van der Waals surface area (Å²) in [5, 5.41) is 10.0. The molecule has 1 fully saturated rings. The Hall–Kier alpha value is -2.87. The Bertz CT molecular complexity index is 959. The summed E-state index contributed by atoms with van der Waals surface area (Å²) >= 11 is 0. The number of aromatic nitrogens is 3. The zero-order valence-corrected chi connectivity index (χ0v) is 13.0. The molecule has 3 heterocycles. The number of nitrogens with zero attached hydrogens (tertiary/aromatic N) is 4. The zero-order chi connectivity index (χ0) is 17.6. The lowest BCUT2D eigenvalue weighted by molar-refractivity contribution is 0.0711. The second kappa shape index (κ2) is 5.89. The van der Waals surface area contributed by atoms with Crippen LogP contribution in [0.3, 0.4) is 0 Å². The molecule has 25 heavy (non-hydrogen) atoms. The van der Waals surface area contributed by atoms with E-state index in [1.165, 1.54) is 17.2 Å². The van der Waals surface area contributed by atoms with E-state index in [9.17, 15) is 18.7 Å². The van der Waals surface area contributed by atoms with Gasteiger partial charge in [-0.2, -0.15) is 0 Å². The van der Waals surface area contributed by atoms with Crippen LogP contribution in [0.2, 0.25) is 0 Å². The highest BCUT2D eigenvalue weighted by molar-refractivity contribution is 5.98. The van der Waals surface area contributed by atoms with Crippen LogP contribution in [0.15, 0.2) is 43.0 Å². The number of aliphatic hydroxyl groups excluding tert-OH is 1. The van der Waals surface area contributed by atoms with Gasteiger partial charge in [-0.1, -0.05) is 6.07 Å². The predicted octanol–water partition coefficient (Wildman–Crippen LogP) is 1.96. The van der Waals surface area contributed by atoms with Crippen molar-refractivity contribution in [3.63, 3.8) is 0 Å². The first-order chi connectivity index (χ1) is 12.0. The van der Waals surface area contributed by atoms with Crippen molar-refractivity contribution in [2.24, 2.45) is 0 Å². The van der Waals surface area contributed by atoms with Crippen LogP contribution in [-0.2, 0) is 0 Å². The van der Waals surface area contributed by atoms with Crippen LogP contribution in [0.1, 0.15) is 28.5 Å². The first-order valence-corrected chi connectivity index (χ1v) is 7.76. The molecule has 128 valence electrons. The smallest absolute Gasteiger partial charge is 0.276 e. The molecule has 8 heteroatoms. The number of hydrogen-bond acceptors (Lipinski definition) is 4. The van der Waals surface area contributed by atoms with Crippen LogP contribution < -0.4 is 0 Å². The van der Waals surface area contributed by atoms with Crippen LogP contribution in [0, 0.1) is 11.6 Å². The highest BCUT2D eigenvalue weighted by atomic mass is 19.2. The number of amides is 1. The molecular weight excluding hydrogens is 330 g/mol. The second-order valence-electron chi connectivity index (χ2n) is 5.97. The van der Waals surface area contributed by atoms with Crippen molar-refractivity contribution in [2.75, 3.05) is 6.54 Å². The van der Waals surface area contributed by atoms with Crippen molar-refractivity contribution in [1.82, 2.24) is 19.3 Å². The van der Waals surface area contributed by atoms with Gasteiger partial charge < -0.3 is 14.4 Å². The van der Waals surface area contributed by atoms with E-state index in [-0.39, 0.29) is 18.7 Å². The maximum absolute atomic E-state index is 13.6. The van der Waals surface area contributed by atoms with E-state index in [4.69, 9.17) is 0 Å². The fraction of sp³-hybridized carbons (Fsp3) is 0.235. The molecule has 0 saturated carbocycles. The summed E-state index contributed by atoms with van der Waals surface area (Å²) < 4.78 is 28.4. The molecule has 0 aliphatic carbocycles. The molecule has 0 bridgehead atoms. The largest absolute Gasteiger partial charge is 0.391 e. The van der Waals surface area contributed by atoms with Crippen LogP contribution in [0.25, 0.3) is 5.65 Å². The number of carbonyl (C=O) groups excluding carboxylic acids is 1. The molecule has 3 aromatic rings. The molecule has 1 aromatic carbocycles. The minimum atomic E-state index is -0.986. The van der Waals surface area contributed by atoms with E-state index in [0.29, 0.717) is 11.2 Å². The highest BCUT2D eigenvalue weighted by Crippen LogP contribution is 2.34. The lowest BCUT2D eigenvalue weighted by atomic mass is 10.0. The second-order valence-corrected chi connectivity index (χ2v) is 5.97. The van der Waals surface area contributed by atoms with E-state index < -0.39 is 29.7 Å². The number of rotatable bonds is 2. The molecule has 1 amide bonds. The quantitative estimate of drug-likeness (QED) is 0.771. The highest BCUT2D eigenvalue weighted by Gasteiger charge is 2.37. The van der Waals surface area contributed by atoms with Gasteiger partial charge in [0.25, 0.3) is 5.91 Å². The average molecular weight is 344 g/mol. The van der Waals surface area contributed by atoms with Gasteiger partial charge in [-0.25, -0.2) is 18.7 Å². The number of fused-ring (bicyclic) bond motifs is 1. The Morgan fingerprint density at radius 3 is 2.68 bits per heavy atom. The molecule has 2 aromatic heterocycles. The van der Waals surface area contributed by atoms with E-state index in [2.05, 4.69) is 9.97 Å². The molecule has 0 unspecified atom stereocenters. The van der Waals surface area contributed by atoms with Crippen LogP contribution in [0.4, 0.5) is 8.78 Å². The first-order valence-electron chi connectivity index (χ1n) is 7.76. The average Bonchev–Trinajstić information content (AvgIpc) is 3.22. The number of likely N-dealkylation sites (tertiary alicyclic amines) is 1. The molecule has 1 N–H and O–H groups in total. The van der Waals surface area contributed by atoms with Crippen molar-refractivity contribution in [1.29, 1.82) is 0 Å². The van der Waals surface area contributed by atoms with Crippen LogP contribution in [0.5, 0.6) is 0 Å². The van der Waals surface area contributed by atoms with Gasteiger partial charge in [0.05, 0.1) is 12.1 Å². The third-order valence-electron chi connectivity index (χ3n) is 4.38. The van der Waals surface area contributed by atoms with Crippen LogP contribution in [-0.4, -0.2) is 42.9 Å².